The highest BCUT2D eigenvalue weighted by Gasteiger charge is 2.20. The van der Waals surface area contributed by atoms with Crippen LogP contribution in [0, 0.1) is 17.7 Å². The average Bonchev–Trinajstić information content (AvgIpc) is 2.19. The van der Waals surface area contributed by atoms with Gasteiger partial charge in [0, 0.05) is 16.1 Å². The Labute approximate surface area is 99.0 Å². The summed E-state index contributed by atoms with van der Waals surface area (Å²) in [4.78, 5) is 0. The van der Waals surface area contributed by atoms with Crippen molar-refractivity contribution in [3.63, 3.8) is 0 Å². The number of hydrogen-bond donors (Lipinski definition) is 1. The van der Waals surface area contributed by atoms with Crippen molar-refractivity contribution < 1.29 is 4.39 Å². The Hall–Kier alpha value is -0.410. The maximum atomic E-state index is 13.5. The summed E-state index contributed by atoms with van der Waals surface area (Å²) in [5.41, 5.74) is 6.64. The van der Waals surface area contributed by atoms with Gasteiger partial charge in [0.15, 0.2) is 0 Å². The fourth-order valence-corrected chi connectivity index (χ4v) is 1.85. The van der Waals surface area contributed by atoms with Gasteiger partial charge in [-0.25, -0.2) is 4.39 Å². The Morgan fingerprint density at radius 1 is 1.27 bits per heavy atom. The zero-order valence-electron chi connectivity index (χ0n) is 9.30. The molecule has 2 unspecified atom stereocenters. The molecule has 0 radical (unpaired) electrons. The third-order valence-electron chi connectivity index (χ3n) is 2.94. The first-order valence-corrected chi connectivity index (χ1v) is 5.93. The molecule has 0 aliphatic rings. The van der Waals surface area contributed by atoms with Gasteiger partial charge in [0.25, 0.3) is 0 Å². The van der Waals surface area contributed by atoms with E-state index in [-0.39, 0.29) is 17.8 Å². The molecule has 1 aromatic carbocycles. The van der Waals surface area contributed by atoms with Gasteiger partial charge in [-0.15, -0.1) is 0 Å². The molecule has 1 rings (SSSR count). The van der Waals surface area contributed by atoms with E-state index >= 15 is 0 Å². The smallest absolute Gasteiger partial charge is 0.128 e. The van der Waals surface area contributed by atoms with Crippen molar-refractivity contribution in [2.75, 3.05) is 0 Å². The lowest BCUT2D eigenvalue weighted by Crippen LogP contribution is -2.24. The minimum atomic E-state index is -0.248. The second-order valence-corrected chi connectivity index (χ2v) is 5.21. The van der Waals surface area contributed by atoms with Gasteiger partial charge in [-0.2, -0.15) is 0 Å². The summed E-state index contributed by atoms with van der Waals surface area (Å²) >= 11 is 3.33. The van der Waals surface area contributed by atoms with Crippen molar-refractivity contribution in [2.45, 2.75) is 26.8 Å². The van der Waals surface area contributed by atoms with Crippen molar-refractivity contribution in [1.29, 1.82) is 0 Å². The molecule has 3 heteroatoms. The summed E-state index contributed by atoms with van der Waals surface area (Å²) in [6.45, 7) is 6.25. The Bertz CT molecular complexity index is 338. The zero-order valence-corrected chi connectivity index (χ0v) is 10.9. The first-order chi connectivity index (χ1) is 6.93. The first kappa shape index (κ1) is 12.7. The minimum Gasteiger partial charge on any atom is -0.324 e. The van der Waals surface area contributed by atoms with Crippen LogP contribution < -0.4 is 5.73 Å². The SMILES string of the molecule is CC(C)C(C)C(N)c1cc(Br)ccc1F. The van der Waals surface area contributed by atoms with Crippen LogP contribution in [0.25, 0.3) is 0 Å². The number of hydrogen-bond acceptors (Lipinski definition) is 1. The standard InChI is InChI=1S/C12H17BrFN/c1-7(2)8(3)12(15)10-6-9(13)4-5-11(10)14/h4-8,12H,15H2,1-3H3. The van der Waals surface area contributed by atoms with Gasteiger partial charge < -0.3 is 5.73 Å². The van der Waals surface area contributed by atoms with E-state index in [0.717, 1.165) is 4.47 Å². The van der Waals surface area contributed by atoms with Crippen LogP contribution in [-0.4, -0.2) is 0 Å². The first-order valence-electron chi connectivity index (χ1n) is 5.14. The van der Waals surface area contributed by atoms with Crippen LogP contribution in [0.3, 0.4) is 0 Å². The van der Waals surface area contributed by atoms with E-state index in [0.29, 0.717) is 11.5 Å². The van der Waals surface area contributed by atoms with Gasteiger partial charge in [-0.1, -0.05) is 36.7 Å². The second-order valence-electron chi connectivity index (χ2n) is 4.29. The topological polar surface area (TPSA) is 26.0 Å². The Balaban J connectivity index is 2.99. The summed E-state index contributed by atoms with van der Waals surface area (Å²) in [5, 5.41) is 0. The van der Waals surface area contributed by atoms with Crippen LogP contribution in [-0.2, 0) is 0 Å². The third kappa shape index (κ3) is 3.02. The second kappa shape index (κ2) is 5.08. The lowest BCUT2D eigenvalue weighted by atomic mass is 9.86. The summed E-state index contributed by atoms with van der Waals surface area (Å²) in [7, 11) is 0. The molecule has 0 saturated carbocycles. The van der Waals surface area contributed by atoms with Crippen LogP contribution >= 0.6 is 15.9 Å². The third-order valence-corrected chi connectivity index (χ3v) is 3.43. The van der Waals surface area contributed by atoms with Crippen LogP contribution in [0.15, 0.2) is 22.7 Å². The van der Waals surface area contributed by atoms with Crippen LogP contribution in [0.2, 0.25) is 0 Å². The molecule has 1 nitrogen and oxygen atoms in total. The summed E-state index contributed by atoms with van der Waals surface area (Å²) in [6.07, 6.45) is 0. The van der Waals surface area contributed by atoms with E-state index in [4.69, 9.17) is 5.73 Å². The van der Waals surface area contributed by atoms with Gasteiger partial charge in [0.05, 0.1) is 0 Å². The molecule has 0 aliphatic heterocycles. The Morgan fingerprint density at radius 2 is 1.87 bits per heavy atom. The molecule has 84 valence electrons. The van der Waals surface area contributed by atoms with E-state index < -0.39 is 0 Å². The van der Waals surface area contributed by atoms with Gasteiger partial charge in [0.1, 0.15) is 5.82 Å². The molecular weight excluding hydrogens is 257 g/mol. The summed E-state index contributed by atoms with van der Waals surface area (Å²) in [5.74, 6) is 0.477. The van der Waals surface area contributed by atoms with Gasteiger partial charge in [-0.3, -0.25) is 0 Å². The fourth-order valence-electron chi connectivity index (χ4n) is 1.47. The van der Waals surface area contributed by atoms with Crippen molar-refractivity contribution >= 4 is 15.9 Å². The largest absolute Gasteiger partial charge is 0.324 e. The fraction of sp³-hybridized carbons (Fsp3) is 0.500. The molecule has 1 aromatic rings. The molecule has 0 bridgehead atoms. The van der Waals surface area contributed by atoms with Crippen LogP contribution in [0.4, 0.5) is 4.39 Å². The molecule has 0 fully saturated rings. The number of halogens is 2. The molecule has 0 aliphatic carbocycles. The van der Waals surface area contributed by atoms with E-state index in [1.165, 1.54) is 6.07 Å². The summed E-state index contributed by atoms with van der Waals surface area (Å²) in [6, 6.07) is 4.65. The van der Waals surface area contributed by atoms with E-state index in [9.17, 15) is 4.39 Å². The molecule has 0 aromatic heterocycles. The van der Waals surface area contributed by atoms with E-state index in [1.54, 1.807) is 12.1 Å². The van der Waals surface area contributed by atoms with Crippen molar-refractivity contribution in [2.24, 2.45) is 17.6 Å². The zero-order chi connectivity index (χ0) is 11.6. The van der Waals surface area contributed by atoms with Crippen molar-refractivity contribution in [1.82, 2.24) is 0 Å². The van der Waals surface area contributed by atoms with E-state index in [1.807, 2.05) is 0 Å². The quantitative estimate of drug-likeness (QED) is 0.889. The monoisotopic (exact) mass is 273 g/mol. The average molecular weight is 274 g/mol. The molecule has 0 heterocycles. The lowest BCUT2D eigenvalue weighted by molar-refractivity contribution is 0.345. The molecule has 2 atom stereocenters. The van der Waals surface area contributed by atoms with Crippen LogP contribution in [0.5, 0.6) is 0 Å². The van der Waals surface area contributed by atoms with Gasteiger partial charge in [-0.05, 0) is 30.0 Å². The predicted octanol–water partition coefficient (Wildman–Crippen LogP) is 3.88. The Kier molecular flexibility index (Phi) is 4.29. The normalized spacial score (nSPS) is 15.4. The highest BCUT2D eigenvalue weighted by molar-refractivity contribution is 9.10. The van der Waals surface area contributed by atoms with Crippen molar-refractivity contribution in [3.05, 3.63) is 34.1 Å². The maximum absolute atomic E-state index is 13.5. The highest BCUT2D eigenvalue weighted by Crippen LogP contribution is 2.28. The maximum Gasteiger partial charge on any atom is 0.128 e. The van der Waals surface area contributed by atoms with Crippen LogP contribution in [0.1, 0.15) is 32.4 Å². The highest BCUT2D eigenvalue weighted by atomic mass is 79.9. The predicted molar refractivity (Wildman–Crippen MR) is 65.0 cm³/mol. The number of benzene rings is 1. The minimum absolute atomic E-state index is 0.224. The molecule has 0 spiro atoms. The molecule has 0 saturated heterocycles. The summed E-state index contributed by atoms with van der Waals surface area (Å²) < 4.78 is 14.4. The van der Waals surface area contributed by atoms with Gasteiger partial charge >= 0.3 is 0 Å². The lowest BCUT2D eigenvalue weighted by Gasteiger charge is -2.24. The van der Waals surface area contributed by atoms with Crippen molar-refractivity contribution in [3.8, 4) is 0 Å². The molecule has 0 amide bonds. The number of rotatable bonds is 3. The van der Waals surface area contributed by atoms with E-state index in [2.05, 4.69) is 36.7 Å². The number of nitrogens with two attached hydrogens (primary N) is 1. The van der Waals surface area contributed by atoms with Gasteiger partial charge in [0.2, 0.25) is 0 Å². The molecular formula is C12H17BrFN. The Morgan fingerprint density at radius 3 is 2.40 bits per heavy atom. The molecule has 15 heavy (non-hydrogen) atoms. The molecule has 2 N–H and O–H groups in total.